The van der Waals surface area contributed by atoms with E-state index >= 15 is 0 Å². The van der Waals surface area contributed by atoms with Crippen LogP contribution in [0.2, 0.25) is 5.02 Å². The highest BCUT2D eigenvalue weighted by Gasteiger charge is 2.38. The van der Waals surface area contributed by atoms with Crippen LogP contribution in [0.5, 0.6) is 0 Å². The number of halogens is 1. The van der Waals surface area contributed by atoms with E-state index in [2.05, 4.69) is 6.92 Å². The molecule has 0 saturated heterocycles. The van der Waals surface area contributed by atoms with E-state index in [9.17, 15) is 4.79 Å². The average Bonchev–Trinajstić information content (AvgIpc) is 2.79. The Labute approximate surface area is 114 Å². The molecule has 1 aliphatic carbocycles. The first-order valence-electron chi connectivity index (χ1n) is 6.52. The molecule has 0 aliphatic heterocycles. The Hall–Kier alpha value is -1.02. The highest BCUT2D eigenvalue weighted by atomic mass is 35.5. The van der Waals surface area contributed by atoms with Crippen molar-refractivity contribution in [1.29, 1.82) is 0 Å². The summed E-state index contributed by atoms with van der Waals surface area (Å²) in [6.45, 7) is 2.68. The van der Waals surface area contributed by atoms with Gasteiger partial charge < -0.3 is 4.90 Å². The van der Waals surface area contributed by atoms with E-state index in [1.54, 1.807) is 0 Å². The van der Waals surface area contributed by atoms with Crippen LogP contribution in [-0.2, 0) is 11.3 Å². The van der Waals surface area contributed by atoms with E-state index in [0.717, 1.165) is 23.4 Å². The molecule has 0 spiro atoms. The lowest BCUT2D eigenvalue weighted by Crippen LogP contribution is -2.38. The van der Waals surface area contributed by atoms with Crippen LogP contribution in [-0.4, -0.2) is 17.9 Å². The lowest BCUT2D eigenvalue weighted by Gasteiger charge is -2.29. The van der Waals surface area contributed by atoms with E-state index in [4.69, 9.17) is 11.6 Å². The van der Waals surface area contributed by atoms with Gasteiger partial charge in [0.25, 0.3) is 0 Å². The molecule has 1 aromatic rings. The maximum atomic E-state index is 12.5. The monoisotopic (exact) mass is 265 g/mol. The normalized spacial score (nSPS) is 17.7. The van der Waals surface area contributed by atoms with Gasteiger partial charge in [-0.05, 0) is 24.5 Å². The van der Waals surface area contributed by atoms with E-state index < -0.39 is 0 Å². The summed E-state index contributed by atoms with van der Waals surface area (Å²) in [5.41, 5.74) is 0.854. The Morgan fingerprint density at radius 1 is 1.33 bits per heavy atom. The third-order valence-electron chi connectivity index (χ3n) is 3.94. The molecule has 1 fully saturated rings. The van der Waals surface area contributed by atoms with Crippen LogP contribution >= 0.6 is 11.6 Å². The summed E-state index contributed by atoms with van der Waals surface area (Å²) in [6.07, 6.45) is 4.36. The van der Waals surface area contributed by atoms with Crippen molar-refractivity contribution in [3.05, 3.63) is 34.9 Å². The minimum absolute atomic E-state index is 0.157. The number of carbonyl (C=O) groups excluding carboxylic acids is 1. The van der Waals surface area contributed by atoms with E-state index in [0.29, 0.717) is 6.54 Å². The average molecular weight is 266 g/mol. The second-order valence-electron chi connectivity index (χ2n) is 5.52. The Balaban J connectivity index is 2.06. The van der Waals surface area contributed by atoms with Gasteiger partial charge in [0, 0.05) is 24.0 Å². The highest BCUT2D eigenvalue weighted by Crippen LogP contribution is 2.39. The fraction of sp³-hybridized carbons (Fsp3) is 0.533. The quantitative estimate of drug-likeness (QED) is 0.812. The Morgan fingerprint density at radius 2 is 1.94 bits per heavy atom. The van der Waals surface area contributed by atoms with Gasteiger partial charge in [-0.25, -0.2) is 0 Å². The second-order valence-corrected chi connectivity index (χ2v) is 5.93. The van der Waals surface area contributed by atoms with Crippen LogP contribution in [0.25, 0.3) is 0 Å². The van der Waals surface area contributed by atoms with Crippen molar-refractivity contribution < 1.29 is 4.79 Å². The molecule has 2 rings (SSSR count). The van der Waals surface area contributed by atoms with Crippen LogP contribution < -0.4 is 0 Å². The zero-order chi connectivity index (χ0) is 13.2. The van der Waals surface area contributed by atoms with Gasteiger partial charge in [-0.1, -0.05) is 49.6 Å². The van der Waals surface area contributed by atoms with E-state index in [1.165, 1.54) is 12.8 Å². The summed E-state index contributed by atoms with van der Waals surface area (Å²) >= 11 is 6.13. The molecule has 3 heteroatoms. The molecule has 1 saturated carbocycles. The third kappa shape index (κ3) is 2.69. The smallest absolute Gasteiger partial charge is 0.228 e. The molecule has 18 heavy (non-hydrogen) atoms. The molecule has 1 aromatic carbocycles. The van der Waals surface area contributed by atoms with Gasteiger partial charge in [-0.3, -0.25) is 4.79 Å². The molecule has 0 unspecified atom stereocenters. The number of amides is 1. The van der Waals surface area contributed by atoms with E-state index in [-0.39, 0.29) is 11.3 Å². The van der Waals surface area contributed by atoms with Gasteiger partial charge in [0.15, 0.2) is 0 Å². The highest BCUT2D eigenvalue weighted by molar-refractivity contribution is 6.31. The second kappa shape index (κ2) is 5.31. The van der Waals surface area contributed by atoms with Crippen LogP contribution in [0.3, 0.4) is 0 Å². The van der Waals surface area contributed by atoms with Gasteiger partial charge in [-0.15, -0.1) is 0 Å². The van der Waals surface area contributed by atoms with Crippen molar-refractivity contribution in [3.8, 4) is 0 Å². The molecule has 2 nitrogen and oxygen atoms in total. The third-order valence-corrected chi connectivity index (χ3v) is 4.30. The Kier molecular flexibility index (Phi) is 3.96. The molecule has 0 atom stereocenters. The fourth-order valence-electron chi connectivity index (χ4n) is 2.78. The van der Waals surface area contributed by atoms with Crippen LogP contribution in [0.15, 0.2) is 24.3 Å². The molecular formula is C15H20ClNO. The molecular weight excluding hydrogens is 246 g/mol. The van der Waals surface area contributed by atoms with Gasteiger partial charge in [0.1, 0.15) is 0 Å². The minimum Gasteiger partial charge on any atom is -0.341 e. The number of hydrogen-bond donors (Lipinski definition) is 0. The summed E-state index contributed by atoms with van der Waals surface area (Å²) in [6, 6.07) is 7.71. The summed E-state index contributed by atoms with van der Waals surface area (Å²) in [5.74, 6) is 0.250. The number of benzene rings is 1. The predicted octanol–water partition coefficient (Wildman–Crippen LogP) is 3.88. The molecule has 98 valence electrons. The summed E-state index contributed by atoms with van der Waals surface area (Å²) in [7, 11) is 1.87. The fourth-order valence-corrected chi connectivity index (χ4v) is 2.98. The van der Waals surface area contributed by atoms with Gasteiger partial charge in [0.05, 0.1) is 0 Å². The molecule has 0 bridgehead atoms. The van der Waals surface area contributed by atoms with Crippen molar-refractivity contribution in [1.82, 2.24) is 4.90 Å². The lowest BCUT2D eigenvalue weighted by atomic mass is 9.87. The predicted molar refractivity (Wildman–Crippen MR) is 74.5 cm³/mol. The first kappa shape index (κ1) is 13.4. The first-order valence-corrected chi connectivity index (χ1v) is 6.90. The number of hydrogen-bond acceptors (Lipinski definition) is 1. The van der Waals surface area contributed by atoms with E-state index in [1.807, 2.05) is 36.2 Å². The zero-order valence-corrected chi connectivity index (χ0v) is 11.8. The SMILES string of the molecule is CN(Cc1ccccc1Cl)C(=O)C1(C)CCCC1. The number of nitrogens with zero attached hydrogens (tertiary/aromatic N) is 1. The maximum Gasteiger partial charge on any atom is 0.228 e. The van der Waals surface area contributed by atoms with Gasteiger partial charge in [-0.2, -0.15) is 0 Å². The van der Waals surface area contributed by atoms with Gasteiger partial charge >= 0.3 is 0 Å². The summed E-state index contributed by atoms with van der Waals surface area (Å²) in [5, 5.41) is 0.730. The van der Waals surface area contributed by atoms with Crippen LogP contribution in [0.4, 0.5) is 0 Å². The lowest BCUT2D eigenvalue weighted by molar-refractivity contribution is -0.140. The molecule has 1 aliphatic rings. The standard InChI is InChI=1S/C15H20ClNO/c1-15(9-5-6-10-15)14(18)17(2)11-12-7-3-4-8-13(12)16/h3-4,7-8H,5-6,9-11H2,1-2H3. The molecule has 0 N–H and O–H groups in total. The van der Waals surface area contributed by atoms with Crippen molar-refractivity contribution in [2.75, 3.05) is 7.05 Å². The van der Waals surface area contributed by atoms with Crippen molar-refractivity contribution >= 4 is 17.5 Å². The summed E-state index contributed by atoms with van der Waals surface area (Å²) < 4.78 is 0. The molecule has 1 amide bonds. The van der Waals surface area contributed by atoms with Crippen molar-refractivity contribution in [3.63, 3.8) is 0 Å². The topological polar surface area (TPSA) is 20.3 Å². The van der Waals surface area contributed by atoms with Gasteiger partial charge in [0.2, 0.25) is 5.91 Å². The van der Waals surface area contributed by atoms with Crippen LogP contribution in [0.1, 0.15) is 38.2 Å². The molecule has 0 aromatic heterocycles. The Bertz CT molecular complexity index is 438. The minimum atomic E-state index is -0.157. The summed E-state index contributed by atoms with van der Waals surface area (Å²) in [4.78, 5) is 14.3. The van der Waals surface area contributed by atoms with Crippen molar-refractivity contribution in [2.24, 2.45) is 5.41 Å². The Morgan fingerprint density at radius 3 is 2.56 bits per heavy atom. The van der Waals surface area contributed by atoms with Crippen LogP contribution in [0, 0.1) is 5.41 Å². The first-order chi connectivity index (χ1) is 8.53. The maximum absolute atomic E-state index is 12.5. The molecule has 0 radical (unpaired) electrons. The number of rotatable bonds is 3. The number of carbonyl (C=O) groups is 1. The largest absolute Gasteiger partial charge is 0.341 e. The molecule has 0 heterocycles. The zero-order valence-electron chi connectivity index (χ0n) is 11.1. The van der Waals surface area contributed by atoms with Crippen molar-refractivity contribution in [2.45, 2.75) is 39.2 Å².